The fourth-order valence-corrected chi connectivity index (χ4v) is 1.88. The minimum atomic E-state index is -0.312. The molecular formula is C15H19FN4O. The van der Waals surface area contributed by atoms with Gasteiger partial charge in [-0.3, -0.25) is 4.79 Å². The quantitative estimate of drug-likeness (QED) is 0.940. The normalized spacial score (nSPS) is 11.0. The average Bonchev–Trinajstić information content (AvgIpc) is 2.81. The minimum absolute atomic E-state index is 0.261. The largest absolute Gasteiger partial charge is 0.350 e. The summed E-state index contributed by atoms with van der Waals surface area (Å²) in [5.74, 6) is -0.219. The Kier molecular flexibility index (Phi) is 4.35. The first-order valence-corrected chi connectivity index (χ1v) is 6.87. The van der Waals surface area contributed by atoms with Crippen LogP contribution in [0, 0.1) is 25.6 Å². The van der Waals surface area contributed by atoms with Crippen LogP contribution in [-0.4, -0.2) is 27.4 Å². The maximum Gasteiger partial charge on any atom is 0.273 e. The van der Waals surface area contributed by atoms with Crippen LogP contribution in [0.1, 0.15) is 35.6 Å². The standard InChI is InChI=1S/C15H19FN4O/c1-9(2)8-17-15(21)14-11(4)20(19-18-14)12-6-5-10(3)13(16)7-12/h5-7,9H,8H2,1-4H3,(H,17,21). The van der Waals surface area contributed by atoms with Crippen molar-refractivity contribution in [1.29, 1.82) is 0 Å². The Morgan fingerprint density at radius 2 is 2.10 bits per heavy atom. The molecule has 1 aromatic heterocycles. The number of hydrogen-bond acceptors (Lipinski definition) is 3. The molecule has 1 aromatic carbocycles. The zero-order valence-corrected chi connectivity index (χ0v) is 12.6. The van der Waals surface area contributed by atoms with E-state index in [1.807, 2.05) is 13.8 Å². The highest BCUT2D eigenvalue weighted by molar-refractivity contribution is 5.93. The monoisotopic (exact) mass is 290 g/mol. The van der Waals surface area contributed by atoms with Gasteiger partial charge in [-0.2, -0.15) is 0 Å². The average molecular weight is 290 g/mol. The number of amides is 1. The Bertz CT molecular complexity index is 664. The summed E-state index contributed by atoms with van der Waals surface area (Å²) in [7, 11) is 0. The highest BCUT2D eigenvalue weighted by Crippen LogP contribution is 2.15. The molecule has 21 heavy (non-hydrogen) atoms. The summed E-state index contributed by atoms with van der Waals surface area (Å²) in [5.41, 5.74) is 1.95. The zero-order chi connectivity index (χ0) is 15.6. The molecule has 1 N–H and O–H groups in total. The number of rotatable bonds is 4. The van der Waals surface area contributed by atoms with Crippen LogP contribution in [0.4, 0.5) is 4.39 Å². The zero-order valence-electron chi connectivity index (χ0n) is 12.6. The van der Waals surface area contributed by atoms with Gasteiger partial charge in [-0.15, -0.1) is 5.10 Å². The Morgan fingerprint density at radius 1 is 1.38 bits per heavy atom. The van der Waals surface area contributed by atoms with Crippen molar-refractivity contribution in [2.45, 2.75) is 27.7 Å². The van der Waals surface area contributed by atoms with Crippen LogP contribution in [0.5, 0.6) is 0 Å². The van der Waals surface area contributed by atoms with Crippen molar-refractivity contribution in [1.82, 2.24) is 20.3 Å². The van der Waals surface area contributed by atoms with E-state index in [2.05, 4.69) is 15.6 Å². The van der Waals surface area contributed by atoms with Gasteiger partial charge in [0.2, 0.25) is 0 Å². The molecular weight excluding hydrogens is 271 g/mol. The number of aromatic nitrogens is 3. The van der Waals surface area contributed by atoms with Crippen LogP contribution in [-0.2, 0) is 0 Å². The molecule has 0 aliphatic carbocycles. The molecule has 5 nitrogen and oxygen atoms in total. The fraction of sp³-hybridized carbons (Fsp3) is 0.400. The van der Waals surface area contributed by atoms with Crippen molar-refractivity contribution in [3.8, 4) is 5.69 Å². The summed E-state index contributed by atoms with van der Waals surface area (Å²) in [6.45, 7) is 8.03. The lowest BCUT2D eigenvalue weighted by Crippen LogP contribution is -2.28. The molecule has 1 amide bonds. The number of hydrogen-bond donors (Lipinski definition) is 1. The van der Waals surface area contributed by atoms with Crippen LogP contribution in [0.3, 0.4) is 0 Å². The Morgan fingerprint density at radius 3 is 2.71 bits per heavy atom. The maximum atomic E-state index is 13.6. The van der Waals surface area contributed by atoms with Crippen molar-refractivity contribution >= 4 is 5.91 Å². The number of halogens is 1. The fourth-order valence-electron chi connectivity index (χ4n) is 1.88. The Labute approximate surface area is 123 Å². The third-order valence-corrected chi connectivity index (χ3v) is 3.18. The van der Waals surface area contributed by atoms with Crippen LogP contribution in [0.25, 0.3) is 5.69 Å². The van der Waals surface area contributed by atoms with E-state index >= 15 is 0 Å². The van der Waals surface area contributed by atoms with E-state index < -0.39 is 0 Å². The molecule has 0 saturated heterocycles. The SMILES string of the molecule is Cc1ccc(-n2nnc(C(=O)NCC(C)C)c2C)cc1F. The van der Waals surface area contributed by atoms with Crippen LogP contribution >= 0.6 is 0 Å². The summed E-state index contributed by atoms with van der Waals surface area (Å²) in [6, 6.07) is 4.80. The minimum Gasteiger partial charge on any atom is -0.350 e. The van der Waals surface area contributed by atoms with E-state index in [0.717, 1.165) is 0 Å². The lowest BCUT2D eigenvalue weighted by molar-refractivity contribution is 0.0943. The first-order valence-electron chi connectivity index (χ1n) is 6.87. The van der Waals surface area contributed by atoms with Gasteiger partial charge in [0.1, 0.15) is 5.82 Å². The van der Waals surface area contributed by atoms with E-state index in [1.54, 1.807) is 26.0 Å². The number of nitrogens with zero attached hydrogens (tertiary/aromatic N) is 3. The van der Waals surface area contributed by atoms with Gasteiger partial charge in [0.25, 0.3) is 5.91 Å². The van der Waals surface area contributed by atoms with Gasteiger partial charge in [-0.1, -0.05) is 25.1 Å². The third kappa shape index (κ3) is 3.26. The molecule has 112 valence electrons. The second-order valence-electron chi connectivity index (χ2n) is 5.47. The lowest BCUT2D eigenvalue weighted by atomic mass is 10.2. The van der Waals surface area contributed by atoms with Gasteiger partial charge in [-0.05, 0) is 37.5 Å². The van der Waals surface area contributed by atoms with Gasteiger partial charge >= 0.3 is 0 Å². The molecule has 2 aromatic rings. The van der Waals surface area contributed by atoms with E-state index in [1.165, 1.54) is 10.7 Å². The predicted molar refractivity (Wildman–Crippen MR) is 78.0 cm³/mol. The Balaban J connectivity index is 2.27. The van der Waals surface area contributed by atoms with Gasteiger partial charge in [0.15, 0.2) is 5.69 Å². The summed E-state index contributed by atoms with van der Waals surface area (Å²) in [5, 5.41) is 10.6. The molecule has 0 fully saturated rings. The highest BCUT2D eigenvalue weighted by Gasteiger charge is 2.17. The molecule has 0 aliphatic heterocycles. The molecule has 0 atom stereocenters. The summed E-state index contributed by atoms with van der Waals surface area (Å²) >= 11 is 0. The lowest BCUT2D eigenvalue weighted by Gasteiger charge is -2.07. The van der Waals surface area contributed by atoms with Crippen LogP contribution in [0.2, 0.25) is 0 Å². The molecule has 0 aliphatic rings. The van der Waals surface area contributed by atoms with Gasteiger partial charge in [0.05, 0.1) is 11.4 Å². The van der Waals surface area contributed by atoms with E-state index in [-0.39, 0.29) is 17.4 Å². The van der Waals surface area contributed by atoms with E-state index in [4.69, 9.17) is 0 Å². The summed E-state index contributed by atoms with van der Waals surface area (Å²) in [6.07, 6.45) is 0. The Hall–Kier alpha value is -2.24. The molecule has 0 radical (unpaired) electrons. The molecule has 1 heterocycles. The van der Waals surface area contributed by atoms with Crippen molar-refractivity contribution in [2.75, 3.05) is 6.54 Å². The highest BCUT2D eigenvalue weighted by atomic mass is 19.1. The molecule has 2 rings (SSSR count). The number of nitrogens with one attached hydrogen (secondary N) is 1. The summed E-state index contributed by atoms with van der Waals surface area (Å²) in [4.78, 5) is 12.0. The molecule has 0 saturated carbocycles. The van der Waals surface area contributed by atoms with E-state index in [9.17, 15) is 9.18 Å². The molecule has 0 bridgehead atoms. The molecule has 0 unspecified atom stereocenters. The second kappa shape index (κ2) is 6.03. The number of carbonyl (C=O) groups is 1. The van der Waals surface area contributed by atoms with Crippen molar-refractivity contribution < 1.29 is 9.18 Å². The first-order chi connectivity index (χ1) is 9.90. The predicted octanol–water partition coefficient (Wildman–Crippen LogP) is 2.41. The van der Waals surface area contributed by atoms with Crippen LogP contribution < -0.4 is 5.32 Å². The second-order valence-corrected chi connectivity index (χ2v) is 5.47. The number of benzene rings is 1. The molecule has 6 heteroatoms. The topological polar surface area (TPSA) is 59.8 Å². The first kappa shape index (κ1) is 15.2. The van der Waals surface area contributed by atoms with Crippen molar-refractivity contribution in [3.05, 3.63) is 41.0 Å². The van der Waals surface area contributed by atoms with Gasteiger partial charge in [-0.25, -0.2) is 9.07 Å². The molecule has 0 spiro atoms. The maximum absolute atomic E-state index is 13.6. The smallest absolute Gasteiger partial charge is 0.273 e. The van der Waals surface area contributed by atoms with Crippen LogP contribution in [0.15, 0.2) is 18.2 Å². The number of aryl methyl sites for hydroxylation is 1. The van der Waals surface area contributed by atoms with Crippen molar-refractivity contribution in [2.24, 2.45) is 5.92 Å². The number of carbonyl (C=O) groups excluding carboxylic acids is 1. The summed E-state index contributed by atoms with van der Waals surface area (Å²) < 4.78 is 15.1. The van der Waals surface area contributed by atoms with E-state index in [0.29, 0.717) is 29.4 Å². The van der Waals surface area contributed by atoms with Gasteiger partial charge < -0.3 is 5.32 Å². The van der Waals surface area contributed by atoms with Crippen molar-refractivity contribution in [3.63, 3.8) is 0 Å². The third-order valence-electron chi connectivity index (χ3n) is 3.18. The van der Waals surface area contributed by atoms with Gasteiger partial charge in [0, 0.05) is 6.54 Å².